The lowest BCUT2D eigenvalue weighted by Gasteiger charge is -2.39. The second kappa shape index (κ2) is 5.72. The molecule has 1 unspecified atom stereocenters. The molecule has 1 amide bonds. The van der Waals surface area contributed by atoms with Gasteiger partial charge in [-0.3, -0.25) is 4.79 Å². The maximum Gasteiger partial charge on any atom is 0.410 e. The van der Waals surface area contributed by atoms with E-state index in [4.69, 9.17) is 4.74 Å². The van der Waals surface area contributed by atoms with Gasteiger partial charge in [-0.25, -0.2) is 4.79 Å². The van der Waals surface area contributed by atoms with Crippen LogP contribution in [0.2, 0.25) is 0 Å². The number of hydrogen-bond donors (Lipinski definition) is 0. The average molecular weight is 255 g/mol. The summed E-state index contributed by atoms with van der Waals surface area (Å²) in [5.41, 5.74) is -0.450. The number of carbonyl (C=O) groups is 2. The van der Waals surface area contributed by atoms with Crippen LogP contribution in [0.25, 0.3) is 0 Å². The first-order chi connectivity index (χ1) is 8.23. The van der Waals surface area contributed by atoms with Crippen LogP contribution in [0.5, 0.6) is 0 Å². The van der Waals surface area contributed by atoms with Crippen LogP contribution in [0.4, 0.5) is 4.79 Å². The van der Waals surface area contributed by atoms with Gasteiger partial charge in [0.1, 0.15) is 11.4 Å². The number of nitrogens with zero attached hydrogens (tertiary/aromatic N) is 1. The summed E-state index contributed by atoms with van der Waals surface area (Å²) in [6.45, 7) is 10.9. The van der Waals surface area contributed by atoms with Crippen molar-refractivity contribution in [3.05, 3.63) is 0 Å². The molecule has 1 saturated heterocycles. The van der Waals surface area contributed by atoms with Crippen molar-refractivity contribution in [1.29, 1.82) is 0 Å². The Morgan fingerprint density at radius 3 is 2.33 bits per heavy atom. The fourth-order valence-corrected chi connectivity index (χ4v) is 1.89. The highest BCUT2D eigenvalue weighted by atomic mass is 16.6. The summed E-state index contributed by atoms with van der Waals surface area (Å²) in [4.78, 5) is 25.1. The summed E-state index contributed by atoms with van der Waals surface area (Å²) >= 11 is 0. The van der Waals surface area contributed by atoms with Gasteiger partial charge in [0, 0.05) is 31.3 Å². The molecule has 18 heavy (non-hydrogen) atoms. The predicted octanol–water partition coefficient (Wildman–Crippen LogP) is 2.86. The second-order valence-corrected chi connectivity index (χ2v) is 6.23. The molecule has 4 nitrogen and oxygen atoms in total. The fraction of sp³-hybridized carbons (Fsp3) is 0.857. The Kier molecular flexibility index (Phi) is 4.77. The summed E-state index contributed by atoms with van der Waals surface area (Å²) < 4.78 is 5.27. The van der Waals surface area contributed by atoms with Gasteiger partial charge in [0.2, 0.25) is 0 Å². The van der Waals surface area contributed by atoms with Crippen LogP contribution in [0, 0.1) is 11.8 Å². The molecule has 1 rings (SSSR count). The van der Waals surface area contributed by atoms with E-state index < -0.39 is 5.60 Å². The van der Waals surface area contributed by atoms with Gasteiger partial charge in [-0.15, -0.1) is 0 Å². The highest BCUT2D eigenvalue weighted by molar-refractivity contribution is 5.81. The molecule has 4 heteroatoms. The summed E-state index contributed by atoms with van der Waals surface area (Å²) in [5.74, 6) is 0.769. The summed E-state index contributed by atoms with van der Waals surface area (Å²) in [6.07, 6.45) is 1.21. The van der Waals surface area contributed by atoms with Crippen LogP contribution < -0.4 is 0 Å². The second-order valence-electron chi connectivity index (χ2n) is 6.23. The Balaban J connectivity index is 2.28. The van der Waals surface area contributed by atoms with Crippen molar-refractivity contribution < 1.29 is 14.3 Å². The van der Waals surface area contributed by atoms with Crippen molar-refractivity contribution in [2.45, 2.75) is 53.1 Å². The summed E-state index contributed by atoms with van der Waals surface area (Å²) in [6, 6.07) is 0. The van der Waals surface area contributed by atoms with E-state index in [1.54, 1.807) is 4.90 Å². The molecule has 0 aromatic carbocycles. The number of carbonyl (C=O) groups excluding carboxylic acids is 2. The van der Waals surface area contributed by atoms with Crippen molar-refractivity contribution >= 4 is 11.9 Å². The first-order valence-corrected chi connectivity index (χ1v) is 6.73. The van der Waals surface area contributed by atoms with E-state index in [-0.39, 0.29) is 12.0 Å². The molecular formula is C14H25NO3. The lowest BCUT2D eigenvalue weighted by molar-refractivity contribution is -0.124. The smallest absolute Gasteiger partial charge is 0.410 e. The molecule has 0 aromatic heterocycles. The number of rotatable bonds is 4. The molecule has 1 atom stereocenters. The maximum atomic E-state index is 11.7. The van der Waals surface area contributed by atoms with Gasteiger partial charge < -0.3 is 9.64 Å². The number of ether oxygens (including phenoxy) is 1. The van der Waals surface area contributed by atoms with Crippen LogP contribution in [0.3, 0.4) is 0 Å². The lowest BCUT2D eigenvalue weighted by atomic mass is 9.89. The zero-order valence-electron chi connectivity index (χ0n) is 12.2. The topological polar surface area (TPSA) is 46.6 Å². The third-order valence-electron chi connectivity index (χ3n) is 3.26. The third kappa shape index (κ3) is 4.31. The van der Waals surface area contributed by atoms with E-state index in [1.165, 1.54) is 0 Å². The van der Waals surface area contributed by atoms with Crippen LogP contribution in [0.1, 0.15) is 47.5 Å². The zero-order chi connectivity index (χ0) is 13.9. The number of hydrogen-bond acceptors (Lipinski definition) is 3. The van der Waals surface area contributed by atoms with E-state index in [0.717, 1.165) is 6.42 Å². The molecule has 1 heterocycles. The van der Waals surface area contributed by atoms with Gasteiger partial charge >= 0.3 is 6.09 Å². The average Bonchev–Trinajstić information content (AvgIpc) is 2.18. The first-order valence-electron chi connectivity index (χ1n) is 6.73. The van der Waals surface area contributed by atoms with Crippen LogP contribution in [-0.2, 0) is 9.53 Å². The Morgan fingerprint density at radius 1 is 1.33 bits per heavy atom. The number of ketones is 1. The van der Waals surface area contributed by atoms with Gasteiger partial charge in [0.05, 0.1) is 0 Å². The van der Waals surface area contributed by atoms with Crippen molar-refractivity contribution in [3.63, 3.8) is 0 Å². The third-order valence-corrected chi connectivity index (χ3v) is 3.26. The molecule has 0 aliphatic carbocycles. The SMILES string of the molecule is CCC(C)C(=O)CC1CN(C(=O)OC(C)(C)C)C1. The number of Topliss-reactive ketones (excluding diaryl/α,β-unsaturated/α-hetero) is 1. The minimum Gasteiger partial charge on any atom is -0.444 e. The molecule has 0 spiro atoms. The maximum absolute atomic E-state index is 11.7. The Hall–Kier alpha value is -1.06. The van der Waals surface area contributed by atoms with E-state index in [1.807, 2.05) is 34.6 Å². The van der Waals surface area contributed by atoms with Gasteiger partial charge in [-0.1, -0.05) is 13.8 Å². The van der Waals surface area contributed by atoms with E-state index in [9.17, 15) is 9.59 Å². The molecule has 0 radical (unpaired) electrons. The minimum atomic E-state index is -0.450. The Bertz CT molecular complexity index is 313. The standard InChI is InChI=1S/C14H25NO3/c1-6-10(2)12(16)7-11-8-15(9-11)13(17)18-14(3,4)5/h10-11H,6-9H2,1-5H3. The fourth-order valence-electron chi connectivity index (χ4n) is 1.89. The Morgan fingerprint density at radius 2 is 1.89 bits per heavy atom. The minimum absolute atomic E-state index is 0.139. The first kappa shape index (κ1) is 15.0. The van der Waals surface area contributed by atoms with Gasteiger partial charge in [-0.05, 0) is 27.2 Å². The predicted molar refractivity (Wildman–Crippen MR) is 70.4 cm³/mol. The molecule has 0 N–H and O–H groups in total. The Labute approximate surface area is 110 Å². The van der Waals surface area contributed by atoms with Crippen LogP contribution in [-0.4, -0.2) is 35.5 Å². The van der Waals surface area contributed by atoms with Crippen molar-refractivity contribution in [2.75, 3.05) is 13.1 Å². The van der Waals surface area contributed by atoms with Gasteiger partial charge in [0.15, 0.2) is 0 Å². The molecular weight excluding hydrogens is 230 g/mol. The van der Waals surface area contributed by atoms with Crippen LogP contribution >= 0.6 is 0 Å². The molecule has 1 aliphatic rings. The molecule has 0 bridgehead atoms. The van der Waals surface area contributed by atoms with Crippen molar-refractivity contribution in [3.8, 4) is 0 Å². The van der Waals surface area contributed by atoms with E-state index in [2.05, 4.69) is 0 Å². The zero-order valence-corrected chi connectivity index (χ0v) is 12.2. The highest BCUT2D eigenvalue weighted by Gasteiger charge is 2.35. The van der Waals surface area contributed by atoms with Gasteiger partial charge in [0.25, 0.3) is 0 Å². The molecule has 0 saturated carbocycles. The molecule has 104 valence electrons. The molecule has 0 aromatic rings. The van der Waals surface area contributed by atoms with Crippen molar-refractivity contribution in [2.24, 2.45) is 11.8 Å². The lowest BCUT2D eigenvalue weighted by Crippen LogP contribution is -2.52. The normalized spacial score (nSPS) is 18.2. The molecule has 1 fully saturated rings. The molecule has 1 aliphatic heterocycles. The quantitative estimate of drug-likeness (QED) is 0.776. The largest absolute Gasteiger partial charge is 0.444 e. The van der Waals surface area contributed by atoms with Gasteiger partial charge in [-0.2, -0.15) is 0 Å². The van der Waals surface area contributed by atoms with E-state index >= 15 is 0 Å². The number of amides is 1. The van der Waals surface area contributed by atoms with E-state index in [0.29, 0.717) is 31.2 Å². The van der Waals surface area contributed by atoms with Crippen molar-refractivity contribution in [1.82, 2.24) is 4.90 Å². The monoisotopic (exact) mass is 255 g/mol. The van der Waals surface area contributed by atoms with Crippen LogP contribution in [0.15, 0.2) is 0 Å². The highest BCUT2D eigenvalue weighted by Crippen LogP contribution is 2.23. The number of likely N-dealkylation sites (tertiary alicyclic amines) is 1. The summed E-state index contributed by atoms with van der Waals surface area (Å²) in [5, 5.41) is 0. The summed E-state index contributed by atoms with van der Waals surface area (Å²) in [7, 11) is 0.